The van der Waals surface area contributed by atoms with Gasteiger partial charge in [0.1, 0.15) is 12.3 Å². The van der Waals surface area contributed by atoms with Gasteiger partial charge in [-0.3, -0.25) is 9.10 Å². The third-order valence-corrected chi connectivity index (χ3v) is 5.97. The molecule has 0 saturated heterocycles. The number of amides is 1. The summed E-state index contributed by atoms with van der Waals surface area (Å²) in [7, 11) is -0.934. The minimum absolute atomic E-state index is 0.0779. The second-order valence-corrected chi connectivity index (χ2v) is 8.11. The van der Waals surface area contributed by atoms with E-state index in [0.717, 1.165) is 4.31 Å². The fourth-order valence-corrected chi connectivity index (χ4v) is 4.16. The van der Waals surface area contributed by atoms with Gasteiger partial charge in [-0.25, -0.2) is 8.42 Å². The number of nitrogens with one attached hydrogen (secondary N) is 1. The van der Waals surface area contributed by atoms with E-state index in [9.17, 15) is 13.2 Å². The predicted molar refractivity (Wildman–Crippen MR) is 108 cm³/mol. The van der Waals surface area contributed by atoms with Gasteiger partial charge in [-0.05, 0) is 36.8 Å². The van der Waals surface area contributed by atoms with E-state index in [1.807, 2.05) is 0 Å². The Labute approximate surface area is 170 Å². The Morgan fingerprint density at radius 3 is 2.46 bits per heavy atom. The number of carbonyl (C=O) groups excluding carboxylic acids is 1. The van der Waals surface area contributed by atoms with Crippen LogP contribution >= 0.6 is 11.6 Å². The Balaban J connectivity index is 2.33. The molecule has 0 spiro atoms. The molecule has 0 saturated carbocycles. The van der Waals surface area contributed by atoms with Crippen LogP contribution < -0.4 is 14.4 Å². The van der Waals surface area contributed by atoms with Crippen molar-refractivity contribution in [1.82, 2.24) is 5.32 Å². The average Bonchev–Trinajstić information content (AvgIpc) is 2.70. The molecule has 2 aromatic carbocycles. The highest BCUT2D eigenvalue weighted by atomic mass is 35.5. The maximum atomic E-state index is 13.2. The molecule has 0 atom stereocenters. The number of rotatable bonds is 10. The van der Waals surface area contributed by atoms with Gasteiger partial charge in [0.05, 0.1) is 22.7 Å². The summed E-state index contributed by atoms with van der Waals surface area (Å²) in [4.78, 5) is 12.4. The summed E-state index contributed by atoms with van der Waals surface area (Å²) in [5.74, 6) is -0.0194. The molecule has 2 rings (SSSR count). The van der Waals surface area contributed by atoms with Crippen molar-refractivity contribution in [2.75, 3.05) is 38.2 Å². The van der Waals surface area contributed by atoms with Crippen molar-refractivity contribution in [1.29, 1.82) is 0 Å². The van der Waals surface area contributed by atoms with Gasteiger partial charge in [0, 0.05) is 20.3 Å². The van der Waals surface area contributed by atoms with E-state index in [1.165, 1.54) is 25.3 Å². The van der Waals surface area contributed by atoms with Crippen molar-refractivity contribution in [3.8, 4) is 5.75 Å². The van der Waals surface area contributed by atoms with Gasteiger partial charge >= 0.3 is 0 Å². The number of hydrogen-bond acceptors (Lipinski definition) is 5. The maximum absolute atomic E-state index is 13.2. The lowest BCUT2D eigenvalue weighted by molar-refractivity contribution is -0.119. The first-order chi connectivity index (χ1) is 13.4. The Hall–Kier alpha value is -2.29. The highest BCUT2D eigenvalue weighted by Gasteiger charge is 2.27. The zero-order chi connectivity index (χ0) is 20.6. The first-order valence-electron chi connectivity index (χ1n) is 8.57. The van der Waals surface area contributed by atoms with E-state index < -0.39 is 15.9 Å². The molecule has 0 fully saturated rings. The van der Waals surface area contributed by atoms with Gasteiger partial charge in [0.25, 0.3) is 10.0 Å². The smallest absolute Gasteiger partial charge is 0.264 e. The minimum Gasteiger partial charge on any atom is -0.495 e. The predicted octanol–water partition coefficient (Wildman–Crippen LogP) is 2.70. The number of anilines is 1. The zero-order valence-electron chi connectivity index (χ0n) is 15.7. The van der Waals surface area contributed by atoms with Gasteiger partial charge in [0.2, 0.25) is 5.91 Å². The van der Waals surface area contributed by atoms with Crippen molar-refractivity contribution in [2.24, 2.45) is 0 Å². The van der Waals surface area contributed by atoms with Gasteiger partial charge in [-0.1, -0.05) is 29.8 Å². The Morgan fingerprint density at radius 2 is 1.86 bits per heavy atom. The molecule has 28 heavy (non-hydrogen) atoms. The first kappa shape index (κ1) is 22.0. The van der Waals surface area contributed by atoms with E-state index >= 15 is 0 Å². The Kier molecular flexibility index (Phi) is 8.10. The lowest BCUT2D eigenvalue weighted by Gasteiger charge is -2.24. The number of methoxy groups -OCH3 is 2. The van der Waals surface area contributed by atoms with E-state index in [2.05, 4.69) is 5.32 Å². The molecule has 0 aliphatic heterocycles. The van der Waals surface area contributed by atoms with E-state index in [0.29, 0.717) is 25.3 Å². The van der Waals surface area contributed by atoms with Crippen LogP contribution in [0, 0.1) is 0 Å². The molecule has 0 aliphatic carbocycles. The zero-order valence-corrected chi connectivity index (χ0v) is 17.3. The van der Waals surface area contributed by atoms with Crippen LogP contribution in [0.4, 0.5) is 5.69 Å². The van der Waals surface area contributed by atoms with Crippen LogP contribution in [0.25, 0.3) is 0 Å². The molecule has 1 N–H and O–H groups in total. The van der Waals surface area contributed by atoms with E-state index in [4.69, 9.17) is 21.1 Å². The van der Waals surface area contributed by atoms with Crippen LogP contribution in [0.1, 0.15) is 6.42 Å². The van der Waals surface area contributed by atoms with Crippen LogP contribution in [0.3, 0.4) is 0 Å². The number of hydrogen-bond donors (Lipinski definition) is 1. The molecular formula is C19H23ClN2O5S. The molecule has 7 nitrogen and oxygen atoms in total. The summed E-state index contributed by atoms with van der Waals surface area (Å²) in [6.45, 7) is 0.503. The van der Waals surface area contributed by atoms with Crippen LogP contribution in [0.15, 0.2) is 53.4 Å². The fourth-order valence-electron chi connectivity index (χ4n) is 2.48. The summed E-state index contributed by atoms with van der Waals surface area (Å²) >= 11 is 6.16. The minimum atomic E-state index is -3.97. The molecule has 1 amide bonds. The summed E-state index contributed by atoms with van der Waals surface area (Å²) in [5.41, 5.74) is 0.265. The summed E-state index contributed by atoms with van der Waals surface area (Å²) < 4.78 is 37.4. The quantitative estimate of drug-likeness (QED) is 0.590. The van der Waals surface area contributed by atoms with Crippen molar-refractivity contribution in [3.63, 3.8) is 0 Å². The maximum Gasteiger partial charge on any atom is 0.264 e. The lowest BCUT2D eigenvalue weighted by Crippen LogP contribution is -2.41. The second kappa shape index (κ2) is 10.3. The molecule has 2 aromatic rings. The van der Waals surface area contributed by atoms with Crippen LogP contribution in [-0.4, -0.2) is 48.2 Å². The molecule has 0 aliphatic rings. The van der Waals surface area contributed by atoms with E-state index in [1.54, 1.807) is 37.4 Å². The van der Waals surface area contributed by atoms with Crippen molar-refractivity contribution in [2.45, 2.75) is 11.3 Å². The highest BCUT2D eigenvalue weighted by molar-refractivity contribution is 7.92. The second-order valence-electron chi connectivity index (χ2n) is 5.84. The molecule has 0 heterocycles. The van der Waals surface area contributed by atoms with E-state index in [-0.39, 0.29) is 22.2 Å². The standard InChI is InChI=1S/C19H23ClN2O5S/c1-26-12-6-11-21-19(23)14-22(15-9-10-18(27-2)17(20)13-15)28(24,25)16-7-4-3-5-8-16/h3-5,7-10,13H,6,11-12,14H2,1-2H3,(H,21,23). The number of halogens is 1. The molecular weight excluding hydrogens is 404 g/mol. The molecule has 9 heteroatoms. The summed E-state index contributed by atoms with van der Waals surface area (Å²) in [5, 5.41) is 2.94. The van der Waals surface area contributed by atoms with Crippen molar-refractivity contribution < 1.29 is 22.7 Å². The normalized spacial score (nSPS) is 11.1. The molecule has 0 unspecified atom stereocenters. The van der Waals surface area contributed by atoms with Gasteiger partial charge < -0.3 is 14.8 Å². The fraction of sp³-hybridized carbons (Fsp3) is 0.316. The molecule has 0 radical (unpaired) electrons. The number of benzene rings is 2. The van der Waals surface area contributed by atoms with Gasteiger partial charge in [-0.15, -0.1) is 0 Å². The Morgan fingerprint density at radius 1 is 1.14 bits per heavy atom. The Bertz CT molecular complexity index is 890. The lowest BCUT2D eigenvalue weighted by atomic mass is 10.3. The average molecular weight is 427 g/mol. The third-order valence-electron chi connectivity index (χ3n) is 3.89. The number of carbonyl (C=O) groups is 1. The number of nitrogens with zero attached hydrogens (tertiary/aromatic N) is 1. The van der Waals surface area contributed by atoms with Gasteiger partial charge in [-0.2, -0.15) is 0 Å². The third kappa shape index (κ3) is 5.60. The molecule has 152 valence electrons. The topological polar surface area (TPSA) is 84.9 Å². The molecule has 0 bridgehead atoms. The number of ether oxygens (including phenoxy) is 2. The first-order valence-corrected chi connectivity index (χ1v) is 10.4. The van der Waals surface area contributed by atoms with Crippen molar-refractivity contribution >= 4 is 33.2 Å². The van der Waals surface area contributed by atoms with Crippen molar-refractivity contribution in [3.05, 3.63) is 53.6 Å². The summed E-state index contributed by atoms with van der Waals surface area (Å²) in [6, 6.07) is 12.5. The van der Waals surface area contributed by atoms with Gasteiger partial charge in [0.15, 0.2) is 0 Å². The van der Waals surface area contributed by atoms with Crippen LogP contribution in [-0.2, 0) is 19.6 Å². The number of sulfonamides is 1. The SMILES string of the molecule is COCCCNC(=O)CN(c1ccc(OC)c(Cl)c1)S(=O)(=O)c1ccccc1. The summed E-state index contributed by atoms with van der Waals surface area (Å²) in [6.07, 6.45) is 0.627. The molecule has 0 aromatic heterocycles. The largest absolute Gasteiger partial charge is 0.495 e. The highest BCUT2D eigenvalue weighted by Crippen LogP contribution is 2.31. The monoisotopic (exact) mass is 426 g/mol. The van der Waals surface area contributed by atoms with Crippen LogP contribution in [0.5, 0.6) is 5.75 Å². The van der Waals surface area contributed by atoms with Crippen LogP contribution in [0.2, 0.25) is 5.02 Å².